The van der Waals surface area contributed by atoms with Crippen molar-refractivity contribution in [2.75, 3.05) is 19.6 Å². The number of fused-ring (bicyclic) bond motifs is 2. The lowest BCUT2D eigenvalue weighted by atomic mass is 9.82. The van der Waals surface area contributed by atoms with Gasteiger partial charge < -0.3 is 14.4 Å². The molecule has 0 N–H and O–H groups in total. The largest absolute Gasteiger partial charge is 0.342 e. The summed E-state index contributed by atoms with van der Waals surface area (Å²) in [6, 6.07) is 20.1. The van der Waals surface area contributed by atoms with Gasteiger partial charge in [0.25, 0.3) is 0 Å². The Kier molecular flexibility index (Phi) is 5.29. The van der Waals surface area contributed by atoms with Crippen molar-refractivity contribution in [2.45, 2.75) is 38.3 Å². The van der Waals surface area contributed by atoms with Gasteiger partial charge >= 0.3 is 0 Å². The van der Waals surface area contributed by atoms with Gasteiger partial charge in [0.05, 0.1) is 18.3 Å². The first-order valence-corrected chi connectivity index (χ1v) is 11.3. The highest BCUT2D eigenvalue weighted by Gasteiger charge is 2.48. The van der Waals surface area contributed by atoms with Crippen LogP contribution in [0.2, 0.25) is 0 Å². The zero-order chi connectivity index (χ0) is 22.1. The van der Waals surface area contributed by atoms with Crippen molar-refractivity contribution in [1.29, 1.82) is 0 Å². The molecule has 0 bridgehead atoms. The summed E-state index contributed by atoms with van der Waals surface area (Å²) in [6.45, 7) is 4.30. The number of rotatable bonds is 3. The van der Waals surface area contributed by atoms with E-state index in [1.54, 1.807) is 6.92 Å². The Morgan fingerprint density at radius 1 is 0.906 bits per heavy atom. The van der Waals surface area contributed by atoms with E-state index in [0.29, 0.717) is 38.9 Å². The lowest BCUT2D eigenvalue weighted by Gasteiger charge is -2.50. The Balaban J connectivity index is 1.41. The Labute approximate surface area is 188 Å². The topological polar surface area (TPSA) is 58.4 Å². The number of hydrogen-bond donors (Lipinski definition) is 0. The third kappa shape index (κ3) is 3.49. The van der Waals surface area contributed by atoms with Crippen molar-refractivity contribution in [3.8, 4) is 11.3 Å². The number of piperidine rings is 1. The van der Waals surface area contributed by atoms with Crippen LogP contribution >= 0.6 is 0 Å². The minimum absolute atomic E-state index is 0.0737. The van der Waals surface area contributed by atoms with Crippen molar-refractivity contribution in [3.05, 3.63) is 78.2 Å². The van der Waals surface area contributed by atoms with E-state index in [9.17, 15) is 9.59 Å². The molecule has 0 unspecified atom stereocenters. The molecule has 2 aliphatic heterocycles. The van der Waals surface area contributed by atoms with Gasteiger partial charge in [0.2, 0.25) is 11.8 Å². The van der Waals surface area contributed by atoms with Crippen molar-refractivity contribution in [3.63, 3.8) is 0 Å². The Hall–Kier alpha value is -3.41. The number of aromatic nitrogens is 2. The molecule has 6 heteroatoms. The van der Waals surface area contributed by atoms with Gasteiger partial charge in [-0.1, -0.05) is 60.7 Å². The van der Waals surface area contributed by atoms with Gasteiger partial charge in [0.1, 0.15) is 11.4 Å². The van der Waals surface area contributed by atoms with E-state index in [4.69, 9.17) is 4.98 Å². The third-order valence-electron chi connectivity index (χ3n) is 6.93. The molecule has 6 nitrogen and oxygen atoms in total. The van der Waals surface area contributed by atoms with Crippen LogP contribution in [0.4, 0.5) is 0 Å². The fraction of sp³-hybridized carbons (Fsp3) is 0.346. The van der Waals surface area contributed by atoms with Gasteiger partial charge in [0, 0.05) is 33.1 Å². The third-order valence-corrected chi connectivity index (χ3v) is 6.93. The number of nitrogens with zero attached hydrogens (tertiary/aromatic N) is 4. The van der Waals surface area contributed by atoms with Crippen LogP contribution < -0.4 is 0 Å². The summed E-state index contributed by atoms with van der Waals surface area (Å²) in [6.07, 6.45) is 3.76. The van der Waals surface area contributed by atoms with Gasteiger partial charge in [-0.15, -0.1) is 0 Å². The van der Waals surface area contributed by atoms with E-state index in [2.05, 4.69) is 16.7 Å². The average Bonchev–Trinajstić information content (AvgIpc) is 3.26. The Bertz CT molecular complexity index is 1120. The highest BCUT2D eigenvalue weighted by molar-refractivity contribution is 5.79. The molecule has 0 radical (unpaired) electrons. The van der Waals surface area contributed by atoms with E-state index < -0.39 is 5.54 Å². The maximum absolute atomic E-state index is 12.9. The minimum Gasteiger partial charge on any atom is -0.342 e. The number of imidazole rings is 1. The molecule has 3 heterocycles. The van der Waals surface area contributed by atoms with Crippen LogP contribution in [0.1, 0.15) is 31.2 Å². The molecule has 32 heavy (non-hydrogen) atoms. The number of carbonyl (C=O) groups excluding carboxylic acids is 2. The molecule has 164 valence electrons. The first kappa shape index (κ1) is 20.5. The number of hydrogen-bond acceptors (Lipinski definition) is 3. The zero-order valence-electron chi connectivity index (χ0n) is 18.4. The summed E-state index contributed by atoms with van der Waals surface area (Å²) in [5.74, 6) is 1.17. The van der Waals surface area contributed by atoms with Crippen LogP contribution in [0.3, 0.4) is 0 Å². The molecule has 0 saturated carbocycles. The first-order chi connectivity index (χ1) is 15.6. The number of benzene rings is 2. The van der Waals surface area contributed by atoms with Gasteiger partial charge in [-0.2, -0.15) is 0 Å². The van der Waals surface area contributed by atoms with Crippen LogP contribution in [0, 0.1) is 0 Å². The molecule has 1 aromatic heterocycles. The van der Waals surface area contributed by atoms with Crippen LogP contribution in [0.5, 0.6) is 0 Å². The predicted octanol–water partition coefficient (Wildman–Crippen LogP) is 3.47. The minimum atomic E-state index is -0.458. The molecule has 3 aromatic rings. The van der Waals surface area contributed by atoms with Crippen molar-refractivity contribution < 1.29 is 9.59 Å². The number of likely N-dealkylation sites (tertiary alicyclic amines) is 1. The highest BCUT2D eigenvalue weighted by atomic mass is 16.2. The fourth-order valence-corrected chi connectivity index (χ4v) is 5.31. The maximum Gasteiger partial charge on any atom is 0.226 e. The first-order valence-electron chi connectivity index (χ1n) is 11.3. The molecular formula is C26H28N4O2. The van der Waals surface area contributed by atoms with Gasteiger partial charge in [-0.25, -0.2) is 4.98 Å². The van der Waals surface area contributed by atoms with E-state index in [-0.39, 0.29) is 11.8 Å². The smallest absolute Gasteiger partial charge is 0.226 e. The molecule has 2 aliphatic rings. The van der Waals surface area contributed by atoms with Crippen LogP contribution in [0.25, 0.3) is 11.3 Å². The lowest BCUT2D eigenvalue weighted by molar-refractivity contribution is -0.143. The second kappa shape index (κ2) is 8.26. The molecule has 1 saturated heterocycles. The van der Waals surface area contributed by atoms with Crippen LogP contribution in [-0.2, 0) is 28.1 Å². The molecule has 5 rings (SSSR count). The standard InChI is InChI=1S/C26H28N4O2/c1-20(31)30-17-16-29-23(22-10-6-3-7-11-22)19-27-25(29)26(30)12-14-28(15-13-26)24(32)18-21-8-4-2-5-9-21/h2-11,19H,12-18H2,1H3. The molecular weight excluding hydrogens is 400 g/mol. The summed E-state index contributed by atoms with van der Waals surface area (Å²) in [5, 5.41) is 0. The molecule has 1 fully saturated rings. The molecule has 0 atom stereocenters. The van der Waals surface area contributed by atoms with Gasteiger partial charge in [-0.05, 0) is 24.0 Å². The van der Waals surface area contributed by atoms with Crippen molar-refractivity contribution in [1.82, 2.24) is 19.4 Å². The SMILES string of the molecule is CC(=O)N1CCn2c(-c3ccccc3)cnc2C12CCN(C(=O)Cc1ccccc1)CC2. The average molecular weight is 429 g/mol. The van der Waals surface area contributed by atoms with E-state index >= 15 is 0 Å². The Morgan fingerprint density at radius 2 is 1.56 bits per heavy atom. The quantitative estimate of drug-likeness (QED) is 0.642. The van der Waals surface area contributed by atoms with E-state index in [0.717, 1.165) is 29.2 Å². The second-order valence-electron chi connectivity index (χ2n) is 8.73. The van der Waals surface area contributed by atoms with Gasteiger partial charge in [-0.3, -0.25) is 9.59 Å². The van der Waals surface area contributed by atoms with Crippen LogP contribution in [0.15, 0.2) is 66.9 Å². The number of carbonyl (C=O) groups is 2. The molecule has 1 spiro atoms. The monoisotopic (exact) mass is 428 g/mol. The predicted molar refractivity (Wildman–Crippen MR) is 123 cm³/mol. The van der Waals surface area contributed by atoms with Crippen molar-refractivity contribution >= 4 is 11.8 Å². The molecule has 2 aromatic carbocycles. The zero-order valence-corrected chi connectivity index (χ0v) is 18.4. The number of amides is 2. The second-order valence-corrected chi connectivity index (χ2v) is 8.73. The maximum atomic E-state index is 12.9. The lowest BCUT2D eigenvalue weighted by Crippen LogP contribution is -2.59. The summed E-state index contributed by atoms with van der Waals surface area (Å²) < 4.78 is 2.27. The summed E-state index contributed by atoms with van der Waals surface area (Å²) in [4.78, 5) is 34.3. The van der Waals surface area contributed by atoms with Gasteiger partial charge in [0.15, 0.2) is 0 Å². The molecule has 2 amide bonds. The highest BCUT2D eigenvalue weighted by Crippen LogP contribution is 2.42. The van der Waals surface area contributed by atoms with Crippen LogP contribution in [-0.4, -0.2) is 50.8 Å². The summed E-state index contributed by atoms with van der Waals surface area (Å²) in [7, 11) is 0. The Morgan fingerprint density at radius 3 is 2.22 bits per heavy atom. The summed E-state index contributed by atoms with van der Waals surface area (Å²) >= 11 is 0. The van der Waals surface area contributed by atoms with E-state index in [1.165, 1.54) is 0 Å². The normalized spacial score (nSPS) is 17.3. The van der Waals surface area contributed by atoms with Crippen molar-refractivity contribution in [2.24, 2.45) is 0 Å². The fourth-order valence-electron chi connectivity index (χ4n) is 5.31. The van der Waals surface area contributed by atoms with E-state index in [1.807, 2.05) is 64.5 Å². The molecule has 0 aliphatic carbocycles. The summed E-state index contributed by atoms with van der Waals surface area (Å²) in [5.41, 5.74) is 2.79.